The molecule has 3 rings (SSSR count). The third-order valence-corrected chi connectivity index (χ3v) is 7.36. The largest absolute Gasteiger partial charge is 0.326 e. The van der Waals surface area contributed by atoms with Crippen molar-refractivity contribution in [2.75, 3.05) is 18.4 Å². The highest BCUT2D eigenvalue weighted by Gasteiger charge is 2.22. The molecule has 1 amide bonds. The minimum atomic E-state index is -3.55. The van der Waals surface area contributed by atoms with Crippen LogP contribution in [-0.2, 0) is 21.4 Å². The third-order valence-electron chi connectivity index (χ3n) is 5.08. The molecule has 0 aliphatic carbocycles. The number of halogens is 1. The summed E-state index contributed by atoms with van der Waals surface area (Å²) in [6.45, 7) is 6.81. The Bertz CT molecular complexity index is 1190. The van der Waals surface area contributed by atoms with Crippen molar-refractivity contribution in [1.29, 1.82) is 0 Å². The molecular formula is C21H26ClN5O3S. The molecule has 0 saturated heterocycles. The lowest BCUT2D eigenvalue weighted by Gasteiger charge is -2.18. The number of aromatic nitrogens is 3. The number of nitrogens with zero attached hydrogens (tertiary/aromatic N) is 4. The Morgan fingerprint density at radius 1 is 1.16 bits per heavy atom. The van der Waals surface area contributed by atoms with Crippen LogP contribution in [0.1, 0.15) is 32.3 Å². The van der Waals surface area contributed by atoms with Gasteiger partial charge in [-0.25, -0.2) is 13.1 Å². The second-order valence-electron chi connectivity index (χ2n) is 7.16. The molecule has 0 atom stereocenters. The molecule has 0 fully saturated rings. The summed E-state index contributed by atoms with van der Waals surface area (Å²) in [5, 5.41) is 11.7. The molecule has 0 unspecified atom stereocenters. The van der Waals surface area contributed by atoms with Crippen LogP contribution in [0.25, 0.3) is 11.0 Å². The molecule has 1 N–H and O–H groups in total. The molecule has 2 aromatic carbocycles. The first-order valence-corrected chi connectivity index (χ1v) is 12.0. The number of aryl methyl sites for hydroxylation is 2. The quantitative estimate of drug-likeness (QED) is 0.520. The minimum Gasteiger partial charge on any atom is -0.326 e. The zero-order valence-corrected chi connectivity index (χ0v) is 19.4. The normalized spacial score (nSPS) is 11.9. The van der Waals surface area contributed by atoms with Crippen LogP contribution in [0.2, 0.25) is 5.02 Å². The lowest BCUT2D eigenvalue weighted by Crippen LogP contribution is -2.30. The topological polar surface area (TPSA) is 97.2 Å². The predicted octanol–water partition coefficient (Wildman–Crippen LogP) is 3.84. The van der Waals surface area contributed by atoms with Crippen molar-refractivity contribution in [3.8, 4) is 0 Å². The van der Waals surface area contributed by atoms with E-state index in [-0.39, 0.29) is 10.8 Å². The zero-order valence-electron chi connectivity index (χ0n) is 17.8. The van der Waals surface area contributed by atoms with E-state index < -0.39 is 10.0 Å². The van der Waals surface area contributed by atoms with Gasteiger partial charge in [0.1, 0.15) is 5.52 Å². The van der Waals surface area contributed by atoms with E-state index >= 15 is 0 Å². The van der Waals surface area contributed by atoms with Crippen LogP contribution < -0.4 is 5.32 Å². The van der Waals surface area contributed by atoms with Gasteiger partial charge in [-0.1, -0.05) is 36.7 Å². The number of nitrogens with one attached hydrogen (secondary N) is 1. The number of fused-ring (bicyclic) bond motifs is 1. The van der Waals surface area contributed by atoms with Crippen molar-refractivity contribution in [1.82, 2.24) is 19.3 Å². The summed E-state index contributed by atoms with van der Waals surface area (Å²) in [5.74, 6) is -0.109. The van der Waals surface area contributed by atoms with Gasteiger partial charge in [0.25, 0.3) is 0 Å². The smallest absolute Gasteiger partial charge is 0.243 e. The van der Waals surface area contributed by atoms with E-state index in [4.69, 9.17) is 11.6 Å². The maximum atomic E-state index is 12.7. The first kappa shape index (κ1) is 23.2. The van der Waals surface area contributed by atoms with E-state index in [2.05, 4.69) is 15.6 Å². The number of carbonyl (C=O) groups excluding carboxylic acids is 1. The Balaban J connectivity index is 1.65. The van der Waals surface area contributed by atoms with Crippen molar-refractivity contribution in [2.45, 2.75) is 45.1 Å². The molecule has 3 aromatic rings. The lowest BCUT2D eigenvalue weighted by molar-refractivity contribution is -0.116. The van der Waals surface area contributed by atoms with Crippen LogP contribution in [-0.4, -0.2) is 46.7 Å². The average molecular weight is 464 g/mol. The lowest BCUT2D eigenvalue weighted by atomic mass is 10.2. The number of anilines is 1. The summed E-state index contributed by atoms with van der Waals surface area (Å²) >= 11 is 5.99. The molecule has 0 aliphatic heterocycles. The maximum Gasteiger partial charge on any atom is 0.243 e. The molecule has 31 heavy (non-hydrogen) atoms. The van der Waals surface area contributed by atoms with Crippen LogP contribution in [0.5, 0.6) is 0 Å². The SMILES string of the molecule is CCN(CC)S(=O)(=O)c1ccc2c(c1)nnn2CCCC(=O)Nc1cc(Cl)ccc1C. The molecule has 0 radical (unpaired) electrons. The summed E-state index contributed by atoms with van der Waals surface area (Å²) in [7, 11) is -3.55. The zero-order chi connectivity index (χ0) is 22.6. The molecule has 1 heterocycles. The molecule has 1 aromatic heterocycles. The van der Waals surface area contributed by atoms with Gasteiger partial charge in [-0.2, -0.15) is 4.31 Å². The van der Waals surface area contributed by atoms with E-state index in [0.717, 1.165) is 11.1 Å². The molecule has 10 heteroatoms. The molecular weight excluding hydrogens is 438 g/mol. The Hall–Kier alpha value is -2.49. The molecule has 8 nitrogen and oxygen atoms in total. The summed E-state index contributed by atoms with van der Waals surface area (Å²) in [6, 6.07) is 10.2. The standard InChI is InChI=1S/C21H26ClN5O3S/c1-4-26(5-2)31(29,30)17-10-11-20-19(14-17)24-25-27(20)12-6-7-21(28)23-18-13-16(22)9-8-15(18)3/h8-11,13-14H,4-7,12H2,1-3H3,(H,23,28). The Morgan fingerprint density at radius 2 is 1.90 bits per heavy atom. The molecule has 166 valence electrons. The number of carbonyl (C=O) groups is 1. The summed E-state index contributed by atoms with van der Waals surface area (Å²) < 4.78 is 28.5. The van der Waals surface area contributed by atoms with Gasteiger partial charge in [0.15, 0.2) is 0 Å². The number of benzene rings is 2. The summed E-state index contributed by atoms with van der Waals surface area (Å²) in [5.41, 5.74) is 2.87. The number of hydrogen-bond acceptors (Lipinski definition) is 5. The Morgan fingerprint density at radius 3 is 2.61 bits per heavy atom. The van der Waals surface area contributed by atoms with Gasteiger partial charge in [0.2, 0.25) is 15.9 Å². The van der Waals surface area contributed by atoms with Crippen LogP contribution >= 0.6 is 11.6 Å². The second kappa shape index (κ2) is 9.76. The fourth-order valence-electron chi connectivity index (χ4n) is 3.32. The first-order chi connectivity index (χ1) is 14.8. The van der Waals surface area contributed by atoms with E-state index in [1.54, 1.807) is 48.9 Å². The van der Waals surface area contributed by atoms with E-state index in [1.165, 1.54) is 4.31 Å². The average Bonchev–Trinajstić information content (AvgIpc) is 3.14. The molecule has 0 saturated carbocycles. The Labute approximate surface area is 187 Å². The van der Waals surface area contributed by atoms with Gasteiger partial charge in [-0.05, 0) is 49.2 Å². The minimum absolute atomic E-state index is 0.109. The van der Waals surface area contributed by atoms with Gasteiger partial charge in [0.05, 0.1) is 10.4 Å². The van der Waals surface area contributed by atoms with Gasteiger partial charge in [0, 0.05) is 36.8 Å². The fourth-order valence-corrected chi connectivity index (χ4v) is 4.97. The van der Waals surface area contributed by atoms with Crippen LogP contribution in [0.3, 0.4) is 0 Å². The monoisotopic (exact) mass is 463 g/mol. The van der Waals surface area contributed by atoms with Crippen molar-refractivity contribution in [3.05, 3.63) is 47.0 Å². The van der Waals surface area contributed by atoms with E-state index in [9.17, 15) is 13.2 Å². The molecule has 0 aliphatic rings. The highest BCUT2D eigenvalue weighted by molar-refractivity contribution is 7.89. The number of hydrogen-bond donors (Lipinski definition) is 1. The Kier molecular flexibility index (Phi) is 7.30. The fraction of sp³-hybridized carbons (Fsp3) is 0.381. The third kappa shape index (κ3) is 5.23. The molecule has 0 bridgehead atoms. The highest BCUT2D eigenvalue weighted by atomic mass is 35.5. The first-order valence-electron chi connectivity index (χ1n) is 10.2. The predicted molar refractivity (Wildman–Crippen MR) is 122 cm³/mol. The van der Waals surface area contributed by atoms with Crippen LogP contribution in [0.15, 0.2) is 41.3 Å². The maximum absolute atomic E-state index is 12.7. The van der Waals surface area contributed by atoms with Gasteiger partial charge in [-0.15, -0.1) is 5.10 Å². The van der Waals surface area contributed by atoms with E-state index in [1.807, 2.05) is 13.0 Å². The van der Waals surface area contributed by atoms with Crippen molar-refractivity contribution < 1.29 is 13.2 Å². The van der Waals surface area contributed by atoms with Gasteiger partial charge >= 0.3 is 0 Å². The van der Waals surface area contributed by atoms with Crippen LogP contribution in [0.4, 0.5) is 5.69 Å². The number of rotatable bonds is 9. The highest BCUT2D eigenvalue weighted by Crippen LogP contribution is 2.22. The van der Waals surface area contributed by atoms with E-state index in [0.29, 0.717) is 48.7 Å². The van der Waals surface area contributed by atoms with Crippen molar-refractivity contribution >= 4 is 44.3 Å². The van der Waals surface area contributed by atoms with Crippen molar-refractivity contribution in [3.63, 3.8) is 0 Å². The van der Waals surface area contributed by atoms with Gasteiger partial charge < -0.3 is 5.32 Å². The van der Waals surface area contributed by atoms with Gasteiger partial charge in [-0.3, -0.25) is 4.79 Å². The summed E-state index contributed by atoms with van der Waals surface area (Å²) in [6.07, 6.45) is 0.866. The number of amides is 1. The molecule has 0 spiro atoms. The summed E-state index contributed by atoms with van der Waals surface area (Å²) in [4.78, 5) is 12.5. The van der Waals surface area contributed by atoms with Crippen LogP contribution in [0, 0.1) is 6.92 Å². The van der Waals surface area contributed by atoms with Crippen molar-refractivity contribution in [2.24, 2.45) is 0 Å². The second-order valence-corrected chi connectivity index (χ2v) is 9.54. The number of sulfonamides is 1.